The van der Waals surface area contributed by atoms with Crippen molar-refractivity contribution in [1.29, 1.82) is 0 Å². The molecule has 0 aliphatic rings. The molecule has 0 atom stereocenters. The standard InChI is InChI=1S/C2H2O4.La.HNO3/c3-1(4)2(5)6;;2-1(3)4/h(H,3,4)(H,5,6);;(H,2,3,4)/q;+3;/p-2. The average molecular weight is 290 g/mol. The summed E-state index contributed by atoms with van der Waals surface area (Å²) in [5, 5.41) is 31.5. The molecule has 9 heteroatoms. The Labute approximate surface area is 87.5 Å². The fourth-order valence-corrected chi connectivity index (χ4v) is 0. The first-order chi connectivity index (χ1) is 4.37. The average Bonchev–Trinajstić information content (AvgIpc) is 1.63. The quantitative estimate of drug-likeness (QED) is 0.273. The summed E-state index contributed by atoms with van der Waals surface area (Å²) in [6.07, 6.45) is 0. The van der Waals surface area contributed by atoms with Crippen molar-refractivity contribution < 1.29 is 65.7 Å². The van der Waals surface area contributed by atoms with Crippen molar-refractivity contribution in [1.82, 2.24) is 0 Å². The Bertz CT molecular complexity index is 139. The predicted octanol–water partition coefficient (Wildman–Crippen LogP) is -3.86. The molecular weight excluding hydrogens is 289 g/mol. The molecule has 0 aliphatic heterocycles. The number of aliphatic carboxylic acids is 2. The minimum atomic E-state index is -2.19. The van der Waals surface area contributed by atoms with Gasteiger partial charge in [0.25, 0.3) is 5.09 Å². The van der Waals surface area contributed by atoms with E-state index >= 15 is 0 Å². The summed E-state index contributed by atoms with van der Waals surface area (Å²) < 4.78 is 0. The van der Waals surface area contributed by atoms with Gasteiger partial charge in [-0.3, -0.25) is 0 Å². The summed E-state index contributed by atoms with van der Waals surface area (Å²) in [7, 11) is 0. The van der Waals surface area contributed by atoms with E-state index in [1.54, 1.807) is 0 Å². The molecule has 0 rings (SSSR count). The third-order valence-corrected chi connectivity index (χ3v) is 0.167. The van der Waals surface area contributed by atoms with Crippen LogP contribution in [0.2, 0.25) is 0 Å². The molecule has 0 saturated heterocycles. The van der Waals surface area contributed by atoms with E-state index in [9.17, 15) is 0 Å². The molecule has 0 unspecified atom stereocenters. The van der Waals surface area contributed by atoms with Gasteiger partial charge in [0.1, 0.15) is 0 Å². The Morgan fingerprint density at radius 1 is 1.18 bits per heavy atom. The van der Waals surface area contributed by atoms with Gasteiger partial charge in [-0.15, -0.1) is 10.1 Å². The van der Waals surface area contributed by atoms with Gasteiger partial charge in [-0.2, -0.15) is 0 Å². The second-order valence-electron chi connectivity index (χ2n) is 0.813. The Morgan fingerprint density at radius 3 is 1.27 bits per heavy atom. The molecule has 0 aromatic heterocycles. The van der Waals surface area contributed by atoms with E-state index in [0.29, 0.717) is 0 Å². The van der Waals surface area contributed by atoms with Crippen molar-refractivity contribution in [3.8, 4) is 0 Å². The van der Waals surface area contributed by atoms with E-state index in [1.807, 2.05) is 0 Å². The summed E-state index contributed by atoms with van der Waals surface area (Å²) in [6.45, 7) is 0. The fourth-order valence-electron chi connectivity index (χ4n) is 0. The first kappa shape index (κ1) is 16.7. The van der Waals surface area contributed by atoms with Crippen molar-refractivity contribution in [3.63, 3.8) is 0 Å². The SMILES string of the molecule is O=C([O-])C(=O)[O-].O=[N+]([O-])O.[La+3]. The molecule has 0 aromatic rings. The maximum Gasteiger partial charge on any atom is 3.00 e. The molecule has 0 bridgehead atoms. The van der Waals surface area contributed by atoms with Gasteiger partial charge < -0.3 is 25.0 Å². The molecular formula is C2HLaNO7+. The second-order valence-corrected chi connectivity index (χ2v) is 0.813. The number of nitrogens with zero attached hydrogens (tertiary/aromatic N) is 1. The van der Waals surface area contributed by atoms with Gasteiger partial charge in [-0.1, -0.05) is 0 Å². The first-order valence-electron chi connectivity index (χ1n) is 1.63. The largest absolute Gasteiger partial charge is 3.00 e. The number of carboxylic acids is 2. The number of hydrogen-bond acceptors (Lipinski definition) is 6. The van der Waals surface area contributed by atoms with Crippen LogP contribution in [0.15, 0.2) is 0 Å². The van der Waals surface area contributed by atoms with Gasteiger partial charge in [-0.25, -0.2) is 0 Å². The summed E-state index contributed by atoms with van der Waals surface area (Å²) in [5.41, 5.74) is 0. The monoisotopic (exact) mass is 290 g/mol. The van der Waals surface area contributed by atoms with Gasteiger partial charge >= 0.3 is 35.6 Å². The minimum absolute atomic E-state index is 0. The summed E-state index contributed by atoms with van der Waals surface area (Å²) in [5.74, 6) is -4.37. The third-order valence-electron chi connectivity index (χ3n) is 0.167. The molecule has 1 N–H and O–H groups in total. The van der Waals surface area contributed by atoms with Crippen LogP contribution in [0.3, 0.4) is 0 Å². The van der Waals surface area contributed by atoms with Crippen LogP contribution in [0.25, 0.3) is 0 Å². The van der Waals surface area contributed by atoms with Crippen molar-refractivity contribution in [3.05, 3.63) is 10.1 Å². The third kappa shape index (κ3) is 45.2. The number of carboxylic acid groups (broad SMARTS) is 2. The molecule has 0 heterocycles. The maximum absolute atomic E-state index is 8.93. The Hall–Kier alpha value is -0.665. The molecule has 58 valence electrons. The van der Waals surface area contributed by atoms with Crippen LogP contribution in [0.5, 0.6) is 0 Å². The molecule has 8 nitrogen and oxygen atoms in total. The fraction of sp³-hybridized carbons (Fsp3) is 0. The normalized spacial score (nSPS) is 6.18. The van der Waals surface area contributed by atoms with Crippen LogP contribution in [0.1, 0.15) is 0 Å². The van der Waals surface area contributed by atoms with Gasteiger partial charge in [0.15, 0.2) is 0 Å². The van der Waals surface area contributed by atoms with E-state index in [-0.39, 0.29) is 35.6 Å². The van der Waals surface area contributed by atoms with E-state index in [1.165, 1.54) is 0 Å². The molecule has 0 amide bonds. The number of rotatable bonds is 0. The zero-order chi connectivity index (χ0) is 8.73. The zero-order valence-electron chi connectivity index (χ0n) is 4.92. The van der Waals surface area contributed by atoms with Crippen LogP contribution in [0, 0.1) is 45.7 Å². The number of carbonyl (C=O) groups excluding carboxylic acids is 2. The second kappa shape index (κ2) is 9.33. The summed E-state index contributed by atoms with van der Waals surface area (Å²) in [4.78, 5) is 26.2. The van der Waals surface area contributed by atoms with Crippen LogP contribution in [0.4, 0.5) is 0 Å². The molecule has 0 aliphatic carbocycles. The van der Waals surface area contributed by atoms with Gasteiger partial charge in [0.05, 0.1) is 11.9 Å². The van der Waals surface area contributed by atoms with Crippen LogP contribution in [-0.2, 0) is 9.59 Å². The Balaban J connectivity index is -0.000000114. The summed E-state index contributed by atoms with van der Waals surface area (Å²) >= 11 is 0. The molecule has 0 aromatic carbocycles. The summed E-state index contributed by atoms with van der Waals surface area (Å²) in [6, 6.07) is 0. The molecule has 0 radical (unpaired) electrons. The van der Waals surface area contributed by atoms with Crippen molar-refractivity contribution >= 4 is 11.9 Å². The maximum atomic E-state index is 8.93. The van der Waals surface area contributed by atoms with E-state index < -0.39 is 17.0 Å². The minimum Gasteiger partial charge on any atom is -0.543 e. The zero-order valence-corrected chi connectivity index (χ0v) is 8.55. The van der Waals surface area contributed by atoms with E-state index in [4.69, 9.17) is 35.1 Å². The number of hydrogen-bond donors (Lipinski definition) is 1. The topological polar surface area (TPSA) is 144 Å². The Kier molecular flexibility index (Phi) is 14.2. The van der Waals surface area contributed by atoms with Crippen molar-refractivity contribution in [2.75, 3.05) is 0 Å². The molecule has 0 spiro atoms. The van der Waals surface area contributed by atoms with Gasteiger partial charge in [0.2, 0.25) is 0 Å². The first-order valence-corrected chi connectivity index (χ1v) is 1.63. The van der Waals surface area contributed by atoms with Gasteiger partial charge in [-0.05, 0) is 0 Å². The van der Waals surface area contributed by atoms with Crippen LogP contribution in [-0.4, -0.2) is 22.2 Å². The molecule has 11 heavy (non-hydrogen) atoms. The Morgan fingerprint density at radius 2 is 1.27 bits per heavy atom. The molecule has 0 fully saturated rings. The molecule has 0 saturated carbocycles. The van der Waals surface area contributed by atoms with E-state index in [2.05, 4.69) is 0 Å². The van der Waals surface area contributed by atoms with Crippen LogP contribution < -0.4 is 10.2 Å². The van der Waals surface area contributed by atoms with Crippen LogP contribution >= 0.6 is 0 Å². The van der Waals surface area contributed by atoms with Gasteiger partial charge in [0, 0.05) is 0 Å². The van der Waals surface area contributed by atoms with Crippen molar-refractivity contribution in [2.24, 2.45) is 0 Å². The van der Waals surface area contributed by atoms with E-state index in [0.717, 1.165) is 0 Å². The number of carbonyl (C=O) groups is 2. The predicted molar refractivity (Wildman–Crippen MR) is 18.8 cm³/mol. The smallest absolute Gasteiger partial charge is 0.543 e. The van der Waals surface area contributed by atoms with Crippen molar-refractivity contribution in [2.45, 2.75) is 0 Å².